The van der Waals surface area contributed by atoms with Crippen LogP contribution < -0.4 is 0 Å². The minimum Gasteiger partial charge on any atom is -0.265 e. The molecule has 1 aromatic heterocycles. The summed E-state index contributed by atoms with van der Waals surface area (Å²) in [4.78, 5) is 0. The highest BCUT2D eigenvalue weighted by atomic mass is 19.3. The largest absolute Gasteiger partial charge is 0.319 e. The average molecular weight is 258 g/mol. The lowest BCUT2D eigenvalue weighted by molar-refractivity contribution is -0.0278. The molecular formula is C12H10F4N2. The second-order valence-electron chi connectivity index (χ2n) is 4.51. The number of para-hydroxylation sites is 1. The second-order valence-corrected chi connectivity index (χ2v) is 4.51. The minimum absolute atomic E-state index is 0.0728. The van der Waals surface area contributed by atoms with Gasteiger partial charge in [-0.1, -0.05) is 18.2 Å². The highest BCUT2D eigenvalue weighted by Gasteiger charge is 2.84. The van der Waals surface area contributed by atoms with Gasteiger partial charge < -0.3 is 0 Å². The summed E-state index contributed by atoms with van der Waals surface area (Å²) in [6.45, 7) is 0.0728. The summed E-state index contributed by atoms with van der Waals surface area (Å²) >= 11 is 0. The van der Waals surface area contributed by atoms with Gasteiger partial charge in [0.15, 0.2) is 0 Å². The van der Waals surface area contributed by atoms with E-state index in [1.54, 1.807) is 18.3 Å². The van der Waals surface area contributed by atoms with E-state index < -0.39 is 17.8 Å². The van der Waals surface area contributed by atoms with Crippen molar-refractivity contribution in [3.63, 3.8) is 0 Å². The van der Waals surface area contributed by atoms with E-state index in [0.29, 0.717) is 0 Å². The summed E-state index contributed by atoms with van der Waals surface area (Å²) < 4.78 is 52.4. The van der Waals surface area contributed by atoms with Crippen LogP contribution in [0.15, 0.2) is 30.5 Å². The molecule has 1 aromatic carbocycles. The minimum atomic E-state index is -3.85. The number of hydrogen-bond donors (Lipinski definition) is 0. The molecule has 0 saturated heterocycles. The molecule has 1 fully saturated rings. The third-order valence-electron chi connectivity index (χ3n) is 3.42. The molecule has 2 aromatic rings. The maximum Gasteiger partial charge on any atom is 0.319 e. The zero-order valence-electron chi connectivity index (χ0n) is 9.28. The van der Waals surface area contributed by atoms with E-state index in [4.69, 9.17) is 0 Å². The number of aromatic nitrogens is 2. The molecular weight excluding hydrogens is 248 g/mol. The fraction of sp³-hybridized carbons (Fsp3) is 0.417. The molecule has 2 nitrogen and oxygen atoms in total. The Kier molecular flexibility index (Phi) is 2.21. The van der Waals surface area contributed by atoms with Crippen LogP contribution in [0.2, 0.25) is 0 Å². The van der Waals surface area contributed by atoms with Gasteiger partial charge in [0.1, 0.15) is 5.92 Å². The molecule has 0 amide bonds. The van der Waals surface area contributed by atoms with Gasteiger partial charge in [-0.2, -0.15) is 22.7 Å². The highest BCUT2D eigenvalue weighted by Crippen LogP contribution is 2.64. The molecule has 0 spiro atoms. The van der Waals surface area contributed by atoms with Gasteiger partial charge in [-0.15, -0.1) is 0 Å². The van der Waals surface area contributed by atoms with Crippen molar-refractivity contribution in [3.8, 4) is 0 Å². The van der Waals surface area contributed by atoms with Crippen molar-refractivity contribution in [2.75, 3.05) is 0 Å². The third-order valence-corrected chi connectivity index (χ3v) is 3.42. The van der Waals surface area contributed by atoms with E-state index in [9.17, 15) is 17.6 Å². The van der Waals surface area contributed by atoms with Crippen LogP contribution in [0.25, 0.3) is 10.9 Å². The lowest BCUT2D eigenvalue weighted by Gasteiger charge is -2.02. The Morgan fingerprint density at radius 3 is 2.44 bits per heavy atom. The maximum absolute atomic E-state index is 12.7. The first-order valence-electron chi connectivity index (χ1n) is 5.61. The molecule has 0 aliphatic heterocycles. The number of alkyl halides is 4. The first-order valence-corrected chi connectivity index (χ1v) is 5.61. The Bertz CT molecular complexity index is 577. The van der Waals surface area contributed by atoms with Crippen LogP contribution in [0, 0.1) is 5.92 Å². The summed E-state index contributed by atoms with van der Waals surface area (Å²) in [6, 6.07) is 7.24. The van der Waals surface area contributed by atoms with Crippen molar-refractivity contribution in [1.82, 2.24) is 9.78 Å². The Balaban J connectivity index is 1.75. The zero-order chi connectivity index (χ0) is 13.0. The fourth-order valence-electron chi connectivity index (χ4n) is 2.22. The van der Waals surface area contributed by atoms with Crippen LogP contribution in [0.4, 0.5) is 17.6 Å². The topological polar surface area (TPSA) is 17.8 Å². The Labute approximate surface area is 100 Å². The number of benzene rings is 1. The van der Waals surface area contributed by atoms with Gasteiger partial charge in [0.25, 0.3) is 0 Å². The predicted octanol–water partition coefficient (Wildman–Crippen LogP) is 3.33. The number of nitrogens with zero attached hydrogens (tertiary/aromatic N) is 2. The molecule has 0 N–H and O–H groups in total. The van der Waals surface area contributed by atoms with Gasteiger partial charge in [0.05, 0.1) is 11.7 Å². The van der Waals surface area contributed by atoms with Gasteiger partial charge >= 0.3 is 11.8 Å². The zero-order valence-corrected chi connectivity index (χ0v) is 9.28. The van der Waals surface area contributed by atoms with Gasteiger partial charge in [-0.05, 0) is 12.5 Å². The first kappa shape index (κ1) is 11.5. The molecule has 0 unspecified atom stereocenters. The standard InChI is InChI=1S/C12H10F4N2/c13-11(14)10(12(11,15)16)5-6-18-9-4-2-1-3-8(9)7-17-18/h1-4,7,10H,5-6H2. The van der Waals surface area contributed by atoms with Crippen molar-refractivity contribution in [1.29, 1.82) is 0 Å². The maximum atomic E-state index is 12.7. The molecule has 18 heavy (non-hydrogen) atoms. The summed E-state index contributed by atoms with van der Waals surface area (Å²) in [5.74, 6) is -9.56. The molecule has 1 heterocycles. The fourth-order valence-corrected chi connectivity index (χ4v) is 2.22. The summed E-state index contributed by atoms with van der Waals surface area (Å²) in [6.07, 6.45) is 1.32. The number of halogens is 4. The van der Waals surface area contributed by atoms with Crippen LogP contribution in [-0.2, 0) is 6.54 Å². The molecule has 0 atom stereocenters. The number of aryl methyl sites for hydroxylation is 1. The van der Waals surface area contributed by atoms with Crippen molar-refractivity contribution in [2.24, 2.45) is 5.92 Å². The van der Waals surface area contributed by atoms with E-state index in [1.165, 1.54) is 4.68 Å². The predicted molar refractivity (Wildman–Crippen MR) is 57.7 cm³/mol. The molecule has 1 saturated carbocycles. The molecule has 0 bridgehead atoms. The lowest BCUT2D eigenvalue weighted by atomic mass is 10.2. The Hall–Kier alpha value is -1.59. The highest BCUT2D eigenvalue weighted by molar-refractivity contribution is 5.78. The molecule has 96 valence electrons. The Morgan fingerprint density at radius 2 is 1.78 bits per heavy atom. The second kappa shape index (κ2) is 3.46. The van der Waals surface area contributed by atoms with Crippen LogP contribution >= 0.6 is 0 Å². The molecule has 0 radical (unpaired) electrons. The van der Waals surface area contributed by atoms with Crippen LogP contribution in [0.5, 0.6) is 0 Å². The van der Waals surface area contributed by atoms with Crippen molar-refractivity contribution >= 4 is 10.9 Å². The number of fused-ring (bicyclic) bond motifs is 1. The molecule has 1 aliphatic carbocycles. The quantitative estimate of drug-likeness (QED) is 0.772. The SMILES string of the molecule is FC1(F)C(CCn2ncc3ccccc32)C1(F)F. The van der Waals surface area contributed by atoms with Crippen LogP contribution in [-0.4, -0.2) is 21.6 Å². The van der Waals surface area contributed by atoms with Crippen LogP contribution in [0.1, 0.15) is 6.42 Å². The summed E-state index contributed by atoms with van der Waals surface area (Å²) in [7, 11) is 0. The number of rotatable bonds is 3. The monoisotopic (exact) mass is 258 g/mol. The van der Waals surface area contributed by atoms with Gasteiger partial charge in [-0.25, -0.2) is 0 Å². The van der Waals surface area contributed by atoms with Gasteiger partial charge in [-0.3, -0.25) is 4.68 Å². The van der Waals surface area contributed by atoms with Crippen molar-refractivity contribution in [3.05, 3.63) is 30.5 Å². The van der Waals surface area contributed by atoms with Gasteiger partial charge in [0.2, 0.25) is 0 Å². The molecule has 3 rings (SSSR count). The molecule has 6 heteroatoms. The summed E-state index contributed by atoms with van der Waals surface area (Å²) in [5, 5.41) is 4.88. The third kappa shape index (κ3) is 1.44. The summed E-state index contributed by atoms with van der Waals surface area (Å²) in [5.41, 5.74) is 0.768. The van der Waals surface area contributed by atoms with Crippen LogP contribution in [0.3, 0.4) is 0 Å². The van der Waals surface area contributed by atoms with Gasteiger partial charge in [0, 0.05) is 11.9 Å². The average Bonchev–Trinajstić information content (AvgIpc) is 2.67. The smallest absolute Gasteiger partial charge is 0.265 e. The van der Waals surface area contributed by atoms with E-state index >= 15 is 0 Å². The van der Waals surface area contributed by atoms with E-state index in [1.807, 2.05) is 12.1 Å². The van der Waals surface area contributed by atoms with E-state index in [2.05, 4.69) is 5.10 Å². The van der Waals surface area contributed by atoms with Crippen molar-refractivity contribution < 1.29 is 17.6 Å². The first-order chi connectivity index (χ1) is 8.44. The van der Waals surface area contributed by atoms with E-state index in [0.717, 1.165) is 10.9 Å². The van der Waals surface area contributed by atoms with E-state index in [-0.39, 0.29) is 13.0 Å². The van der Waals surface area contributed by atoms with Crippen molar-refractivity contribution in [2.45, 2.75) is 24.8 Å². The lowest BCUT2D eigenvalue weighted by Crippen LogP contribution is -2.03. The molecule has 1 aliphatic rings. The normalized spacial score (nSPS) is 21.3. The Morgan fingerprint density at radius 1 is 1.11 bits per heavy atom. The number of hydrogen-bond acceptors (Lipinski definition) is 1.